The van der Waals surface area contributed by atoms with E-state index in [0.29, 0.717) is 28.2 Å². The van der Waals surface area contributed by atoms with Crippen LogP contribution in [0.2, 0.25) is 5.02 Å². The summed E-state index contributed by atoms with van der Waals surface area (Å²) >= 11 is 11.9. The number of ether oxygens (including phenoxy) is 2. The molecule has 152 valence electrons. The van der Waals surface area contributed by atoms with Gasteiger partial charge in [-0.1, -0.05) is 17.7 Å². The summed E-state index contributed by atoms with van der Waals surface area (Å²) in [5.74, 6) is 1.39. The first-order chi connectivity index (χ1) is 14.0. The Hall–Kier alpha value is -2.51. The number of methoxy groups -OCH3 is 2. The normalized spacial score (nSPS) is 18.0. The van der Waals surface area contributed by atoms with Crippen molar-refractivity contribution in [2.75, 3.05) is 39.2 Å². The molecule has 1 saturated heterocycles. The summed E-state index contributed by atoms with van der Waals surface area (Å²) in [6.07, 6.45) is 0.848. The molecule has 0 aliphatic carbocycles. The van der Waals surface area contributed by atoms with Crippen molar-refractivity contribution in [3.63, 3.8) is 0 Å². The Kier molecular flexibility index (Phi) is 5.52. The molecule has 29 heavy (non-hydrogen) atoms. The van der Waals surface area contributed by atoms with E-state index in [-0.39, 0.29) is 18.5 Å². The highest BCUT2D eigenvalue weighted by Crippen LogP contribution is 2.35. The summed E-state index contributed by atoms with van der Waals surface area (Å²) < 4.78 is 10.6. The molecule has 8 heteroatoms. The van der Waals surface area contributed by atoms with Gasteiger partial charge in [0.2, 0.25) is 5.91 Å². The molecule has 2 heterocycles. The van der Waals surface area contributed by atoms with E-state index >= 15 is 0 Å². The average Bonchev–Trinajstić information content (AvgIpc) is 2.73. The quantitative estimate of drug-likeness (QED) is 0.751. The fourth-order valence-electron chi connectivity index (χ4n) is 3.93. The summed E-state index contributed by atoms with van der Waals surface area (Å²) in [6.45, 7) is 1.59. The van der Waals surface area contributed by atoms with Gasteiger partial charge in [0, 0.05) is 42.0 Å². The van der Waals surface area contributed by atoms with E-state index in [1.54, 1.807) is 20.3 Å². The number of benzene rings is 2. The maximum Gasteiger partial charge on any atom is 0.242 e. The van der Waals surface area contributed by atoms with Gasteiger partial charge in [0.1, 0.15) is 11.5 Å². The molecular weight excluding hydrogens is 410 g/mol. The molecule has 4 rings (SSSR count). The minimum Gasteiger partial charge on any atom is -0.497 e. The van der Waals surface area contributed by atoms with E-state index in [1.165, 1.54) is 5.56 Å². The second-order valence-corrected chi connectivity index (χ2v) is 7.93. The monoisotopic (exact) mass is 431 g/mol. The van der Waals surface area contributed by atoms with Crippen LogP contribution in [0.25, 0.3) is 0 Å². The van der Waals surface area contributed by atoms with E-state index in [0.717, 1.165) is 24.2 Å². The third-order valence-electron chi connectivity index (χ3n) is 5.39. The van der Waals surface area contributed by atoms with E-state index < -0.39 is 0 Å². The van der Waals surface area contributed by atoms with Crippen molar-refractivity contribution >= 4 is 40.5 Å². The Bertz CT molecular complexity index is 946. The van der Waals surface area contributed by atoms with Crippen LogP contribution in [0.4, 0.5) is 5.69 Å². The van der Waals surface area contributed by atoms with Crippen LogP contribution in [0.15, 0.2) is 36.4 Å². The molecule has 2 aliphatic rings. The summed E-state index contributed by atoms with van der Waals surface area (Å²) in [6, 6.07) is 11.3. The number of nitrogens with one attached hydrogen (secondary N) is 1. The van der Waals surface area contributed by atoms with Crippen LogP contribution in [-0.4, -0.2) is 54.7 Å². The largest absolute Gasteiger partial charge is 0.497 e. The zero-order chi connectivity index (χ0) is 20.5. The lowest BCUT2D eigenvalue weighted by Crippen LogP contribution is -2.56. The van der Waals surface area contributed by atoms with Gasteiger partial charge < -0.3 is 24.6 Å². The Balaban J connectivity index is 1.56. The SMILES string of the molecule is COc1cc(NC(=S)N2CC(=O)N3CCc4ccc(Cl)cc4C3C2)cc(OC)c1. The minimum atomic E-state index is -0.0571. The minimum absolute atomic E-state index is 0.0571. The Morgan fingerprint density at radius 1 is 1.17 bits per heavy atom. The van der Waals surface area contributed by atoms with E-state index in [9.17, 15) is 4.79 Å². The molecular formula is C21H22ClN3O3S. The first-order valence-electron chi connectivity index (χ1n) is 9.35. The number of piperazine rings is 1. The molecule has 1 fully saturated rings. The van der Waals surface area contributed by atoms with Crippen molar-refractivity contribution < 1.29 is 14.3 Å². The number of hydrogen-bond acceptors (Lipinski definition) is 4. The topological polar surface area (TPSA) is 54.0 Å². The number of fused-ring (bicyclic) bond motifs is 3. The Morgan fingerprint density at radius 3 is 2.59 bits per heavy atom. The third kappa shape index (κ3) is 3.97. The fraction of sp³-hybridized carbons (Fsp3) is 0.333. The standard InChI is InChI=1S/C21H22ClN3O3S/c1-27-16-8-15(9-17(10-16)28-2)23-21(29)24-11-19-18-7-14(22)4-3-13(18)5-6-25(19)20(26)12-24/h3-4,7-10,19H,5-6,11-12H2,1-2H3,(H,23,29). The smallest absolute Gasteiger partial charge is 0.242 e. The molecule has 1 atom stereocenters. The summed E-state index contributed by atoms with van der Waals surface area (Å²) in [5.41, 5.74) is 3.09. The molecule has 0 radical (unpaired) electrons. The number of thiocarbonyl (C=S) groups is 1. The molecule has 2 aliphatic heterocycles. The third-order valence-corrected chi connectivity index (χ3v) is 5.99. The van der Waals surface area contributed by atoms with Crippen molar-refractivity contribution in [1.82, 2.24) is 9.80 Å². The predicted octanol–water partition coefficient (Wildman–Crippen LogP) is 3.50. The molecule has 1 amide bonds. The van der Waals surface area contributed by atoms with Gasteiger partial charge in [0.05, 0.1) is 26.8 Å². The zero-order valence-corrected chi connectivity index (χ0v) is 17.8. The van der Waals surface area contributed by atoms with Gasteiger partial charge in [-0.25, -0.2) is 0 Å². The van der Waals surface area contributed by atoms with E-state index in [4.69, 9.17) is 33.3 Å². The molecule has 0 spiro atoms. The number of anilines is 1. The Morgan fingerprint density at radius 2 is 1.90 bits per heavy atom. The number of carbonyl (C=O) groups excluding carboxylic acids is 1. The van der Waals surface area contributed by atoms with Crippen molar-refractivity contribution in [2.24, 2.45) is 0 Å². The van der Waals surface area contributed by atoms with Gasteiger partial charge in [0.15, 0.2) is 5.11 Å². The molecule has 6 nitrogen and oxygen atoms in total. The molecule has 2 aromatic carbocycles. The van der Waals surface area contributed by atoms with Crippen molar-refractivity contribution in [3.8, 4) is 11.5 Å². The van der Waals surface area contributed by atoms with E-state index in [1.807, 2.05) is 34.1 Å². The maximum absolute atomic E-state index is 12.8. The van der Waals surface area contributed by atoms with Crippen LogP contribution in [0.3, 0.4) is 0 Å². The number of carbonyl (C=O) groups is 1. The molecule has 0 aromatic heterocycles. The van der Waals surface area contributed by atoms with Gasteiger partial charge in [-0.3, -0.25) is 4.79 Å². The van der Waals surface area contributed by atoms with Crippen LogP contribution >= 0.6 is 23.8 Å². The number of nitrogens with zero attached hydrogens (tertiary/aromatic N) is 2. The summed E-state index contributed by atoms with van der Waals surface area (Å²) in [7, 11) is 3.20. The van der Waals surface area contributed by atoms with Gasteiger partial charge in [0.25, 0.3) is 0 Å². The Labute approximate surface area is 180 Å². The highest BCUT2D eigenvalue weighted by Gasteiger charge is 2.37. The van der Waals surface area contributed by atoms with Crippen LogP contribution in [-0.2, 0) is 11.2 Å². The van der Waals surface area contributed by atoms with Gasteiger partial charge >= 0.3 is 0 Å². The second-order valence-electron chi connectivity index (χ2n) is 7.11. The van der Waals surface area contributed by atoms with E-state index in [2.05, 4.69) is 11.4 Å². The molecule has 0 bridgehead atoms. The highest BCUT2D eigenvalue weighted by atomic mass is 35.5. The van der Waals surface area contributed by atoms with Gasteiger partial charge in [-0.2, -0.15) is 0 Å². The molecule has 1 N–H and O–H groups in total. The summed E-state index contributed by atoms with van der Waals surface area (Å²) in [4.78, 5) is 16.7. The highest BCUT2D eigenvalue weighted by molar-refractivity contribution is 7.80. The first kappa shape index (κ1) is 19.8. The average molecular weight is 432 g/mol. The molecule has 2 aromatic rings. The maximum atomic E-state index is 12.8. The van der Waals surface area contributed by atoms with Crippen LogP contribution in [0, 0.1) is 0 Å². The van der Waals surface area contributed by atoms with Crippen molar-refractivity contribution in [1.29, 1.82) is 0 Å². The predicted molar refractivity (Wildman–Crippen MR) is 117 cm³/mol. The number of rotatable bonds is 3. The van der Waals surface area contributed by atoms with Crippen molar-refractivity contribution in [2.45, 2.75) is 12.5 Å². The van der Waals surface area contributed by atoms with Gasteiger partial charge in [-0.05, 0) is 41.9 Å². The fourth-order valence-corrected chi connectivity index (χ4v) is 4.37. The van der Waals surface area contributed by atoms with Crippen LogP contribution < -0.4 is 14.8 Å². The lowest BCUT2D eigenvalue weighted by atomic mass is 9.91. The first-order valence-corrected chi connectivity index (χ1v) is 10.1. The van der Waals surface area contributed by atoms with Gasteiger partial charge in [-0.15, -0.1) is 0 Å². The molecule has 0 saturated carbocycles. The second kappa shape index (κ2) is 8.08. The lowest BCUT2D eigenvalue weighted by molar-refractivity contribution is -0.138. The van der Waals surface area contributed by atoms with Crippen molar-refractivity contribution in [3.05, 3.63) is 52.5 Å². The lowest BCUT2D eigenvalue weighted by Gasteiger charge is -2.45. The van der Waals surface area contributed by atoms with Crippen LogP contribution in [0.1, 0.15) is 17.2 Å². The number of amides is 1. The number of halogens is 1. The number of hydrogen-bond donors (Lipinski definition) is 1. The summed E-state index contributed by atoms with van der Waals surface area (Å²) in [5, 5.41) is 4.38. The van der Waals surface area contributed by atoms with Crippen LogP contribution in [0.5, 0.6) is 11.5 Å². The zero-order valence-electron chi connectivity index (χ0n) is 16.3. The molecule has 1 unspecified atom stereocenters.